The van der Waals surface area contributed by atoms with Crippen molar-refractivity contribution in [2.24, 2.45) is 11.8 Å². The Morgan fingerprint density at radius 3 is 2.73 bits per heavy atom. The van der Waals surface area contributed by atoms with E-state index >= 15 is 0 Å². The molecule has 138 valence electrons. The second-order valence-corrected chi connectivity index (χ2v) is 8.21. The van der Waals surface area contributed by atoms with E-state index in [2.05, 4.69) is 15.3 Å². The third-order valence-corrected chi connectivity index (χ3v) is 6.41. The van der Waals surface area contributed by atoms with Crippen LogP contribution in [0.5, 0.6) is 0 Å². The maximum absolute atomic E-state index is 13.2. The lowest BCUT2D eigenvalue weighted by Gasteiger charge is -2.35. The Labute approximate surface area is 152 Å². The highest BCUT2D eigenvalue weighted by Gasteiger charge is 2.45. The van der Waals surface area contributed by atoms with Crippen LogP contribution in [0.1, 0.15) is 59.4 Å². The van der Waals surface area contributed by atoms with E-state index in [4.69, 9.17) is 0 Å². The molecule has 1 aliphatic heterocycles. The van der Waals surface area contributed by atoms with Crippen molar-refractivity contribution in [2.45, 2.75) is 50.7 Å². The zero-order chi connectivity index (χ0) is 17.8. The van der Waals surface area contributed by atoms with Gasteiger partial charge >= 0.3 is 0 Å². The average molecular weight is 355 g/mol. The molecule has 0 unspecified atom stereocenters. The monoisotopic (exact) mass is 355 g/mol. The highest BCUT2D eigenvalue weighted by molar-refractivity contribution is 5.97. The molecule has 7 nitrogen and oxygen atoms in total. The number of aliphatic hydroxyl groups is 1. The Hall–Kier alpha value is -2.15. The minimum Gasteiger partial charge on any atom is -0.391 e. The number of rotatable bonds is 3. The van der Waals surface area contributed by atoms with Gasteiger partial charge in [-0.05, 0) is 50.5 Å². The van der Waals surface area contributed by atoms with Crippen molar-refractivity contribution in [1.82, 2.24) is 24.9 Å². The fourth-order valence-electron chi connectivity index (χ4n) is 4.86. The van der Waals surface area contributed by atoms with E-state index in [0.29, 0.717) is 17.8 Å². The molecular formula is C19H25N5O2. The first-order chi connectivity index (χ1) is 12.6. The molecule has 5 rings (SSSR count). The van der Waals surface area contributed by atoms with Gasteiger partial charge < -0.3 is 10.0 Å². The highest BCUT2D eigenvalue weighted by atomic mass is 16.3. The second-order valence-electron chi connectivity index (χ2n) is 8.21. The SMILES string of the molecule is Cc1[nH]nc(C2CC2)c1C(=O)N1C[C@H]2C[C@@H](n3cccn3)[C@H](O)C[C@H]2C1. The number of fused-ring (bicyclic) bond motifs is 1. The molecule has 2 saturated carbocycles. The number of hydrogen-bond acceptors (Lipinski definition) is 4. The summed E-state index contributed by atoms with van der Waals surface area (Å²) in [6.45, 7) is 3.44. The topological polar surface area (TPSA) is 87.0 Å². The average Bonchev–Trinajstić information content (AvgIpc) is 3.03. The van der Waals surface area contributed by atoms with Crippen LogP contribution in [0.2, 0.25) is 0 Å². The number of aryl methyl sites for hydroxylation is 1. The summed E-state index contributed by atoms with van der Waals surface area (Å²) in [5.74, 6) is 1.36. The van der Waals surface area contributed by atoms with Gasteiger partial charge in [-0.1, -0.05) is 0 Å². The van der Waals surface area contributed by atoms with Gasteiger partial charge in [0.15, 0.2) is 0 Å². The van der Waals surface area contributed by atoms with Gasteiger partial charge in [-0.3, -0.25) is 14.6 Å². The molecule has 1 amide bonds. The number of hydrogen-bond donors (Lipinski definition) is 2. The first-order valence-corrected chi connectivity index (χ1v) is 9.63. The number of nitrogens with one attached hydrogen (secondary N) is 1. The molecule has 3 heterocycles. The van der Waals surface area contributed by atoms with Crippen LogP contribution < -0.4 is 0 Å². The summed E-state index contributed by atoms with van der Waals surface area (Å²) >= 11 is 0. The third-order valence-electron chi connectivity index (χ3n) is 6.41. The number of carbonyl (C=O) groups excluding carboxylic acids is 1. The molecule has 2 aromatic heterocycles. The molecule has 4 atom stereocenters. The normalized spacial score (nSPS) is 31.2. The molecule has 0 spiro atoms. The van der Waals surface area contributed by atoms with E-state index in [1.54, 1.807) is 6.20 Å². The number of aromatic amines is 1. The van der Waals surface area contributed by atoms with Crippen LogP contribution in [0.3, 0.4) is 0 Å². The Balaban J connectivity index is 1.34. The van der Waals surface area contributed by atoms with Crippen LogP contribution in [0, 0.1) is 18.8 Å². The zero-order valence-corrected chi connectivity index (χ0v) is 15.0. The van der Waals surface area contributed by atoms with Crippen molar-refractivity contribution in [3.63, 3.8) is 0 Å². The smallest absolute Gasteiger partial charge is 0.257 e. The number of H-pyrrole nitrogens is 1. The standard InChI is InChI=1S/C19H25N5O2/c1-11-17(18(22-21-11)12-3-4-12)19(26)23-9-13-7-15(24-6-2-5-20-24)16(25)8-14(13)10-23/h2,5-6,12-16,25H,3-4,7-10H2,1H3,(H,21,22)/t13-,14+,15-,16-/m1/s1. The van der Waals surface area contributed by atoms with Gasteiger partial charge in [-0.15, -0.1) is 0 Å². The summed E-state index contributed by atoms with van der Waals surface area (Å²) in [5.41, 5.74) is 2.62. The molecule has 2 aromatic rings. The first-order valence-electron chi connectivity index (χ1n) is 9.63. The molecule has 3 aliphatic rings. The van der Waals surface area contributed by atoms with E-state index < -0.39 is 6.10 Å². The van der Waals surface area contributed by atoms with E-state index in [1.807, 2.05) is 28.8 Å². The predicted molar refractivity (Wildman–Crippen MR) is 94.7 cm³/mol. The molecule has 2 aliphatic carbocycles. The summed E-state index contributed by atoms with van der Waals surface area (Å²) in [4.78, 5) is 15.2. The molecule has 1 saturated heterocycles. The number of nitrogens with zero attached hydrogens (tertiary/aromatic N) is 4. The van der Waals surface area contributed by atoms with Crippen molar-refractivity contribution >= 4 is 5.91 Å². The minimum absolute atomic E-state index is 0.0130. The number of aliphatic hydroxyl groups excluding tert-OH is 1. The number of carbonyl (C=O) groups is 1. The fourth-order valence-corrected chi connectivity index (χ4v) is 4.86. The van der Waals surface area contributed by atoms with Crippen LogP contribution in [0.15, 0.2) is 18.5 Å². The van der Waals surface area contributed by atoms with Crippen molar-refractivity contribution in [3.8, 4) is 0 Å². The van der Waals surface area contributed by atoms with Crippen molar-refractivity contribution in [1.29, 1.82) is 0 Å². The van der Waals surface area contributed by atoms with Crippen LogP contribution in [-0.2, 0) is 0 Å². The van der Waals surface area contributed by atoms with Gasteiger partial charge in [0.2, 0.25) is 0 Å². The number of likely N-dealkylation sites (tertiary alicyclic amines) is 1. The summed E-state index contributed by atoms with van der Waals surface area (Å²) in [6.07, 6.45) is 7.15. The summed E-state index contributed by atoms with van der Waals surface area (Å²) in [7, 11) is 0. The van der Waals surface area contributed by atoms with Gasteiger partial charge in [0.1, 0.15) is 0 Å². The van der Waals surface area contributed by atoms with Gasteiger partial charge in [-0.25, -0.2) is 0 Å². The number of aromatic nitrogens is 4. The maximum atomic E-state index is 13.2. The van der Waals surface area contributed by atoms with E-state index in [-0.39, 0.29) is 11.9 Å². The lowest BCUT2D eigenvalue weighted by Crippen LogP contribution is -2.36. The molecule has 0 aromatic carbocycles. The van der Waals surface area contributed by atoms with Crippen LogP contribution in [-0.4, -0.2) is 55.1 Å². The minimum atomic E-state index is -0.399. The first kappa shape index (κ1) is 16.1. The third kappa shape index (κ3) is 2.57. The molecule has 26 heavy (non-hydrogen) atoms. The summed E-state index contributed by atoms with van der Waals surface area (Å²) in [6, 6.07) is 1.91. The highest BCUT2D eigenvalue weighted by Crippen LogP contribution is 2.44. The molecule has 3 fully saturated rings. The second kappa shape index (κ2) is 5.94. The Kier molecular flexibility index (Phi) is 3.67. The lowest BCUT2D eigenvalue weighted by molar-refractivity contribution is 0.0306. The van der Waals surface area contributed by atoms with Crippen LogP contribution >= 0.6 is 0 Å². The Morgan fingerprint density at radius 1 is 1.27 bits per heavy atom. The quantitative estimate of drug-likeness (QED) is 0.880. The number of amides is 1. The molecular weight excluding hydrogens is 330 g/mol. The summed E-state index contributed by atoms with van der Waals surface area (Å²) < 4.78 is 1.87. The van der Waals surface area contributed by atoms with Gasteiger partial charge in [0.25, 0.3) is 5.91 Å². The molecule has 7 heteroatoms. The van der Waals surface area contributed by atoms with Gasteiger partial charge in [0, 0.05) is 37.1 Å². The lowest BCUT2D eigenvalue weighted by atomic mass is 9.77. The Morgan fingerprint density at radius 2 is 2.04 bits per heavy atom. The molecule has 2 N–H and O–H groups in total. The van der Waals surface area contributed by atoms with Crippen LogP contribution in [0.25, 0.3) is 0 Å². The van der Waals surface area contributed by atoms with E-state index in [1.165, 1.54) is 0 Å². The molecule has 0 bridgehead atoms. The van der Waals surface area contributed by atoms with Crippen molar-refractivity contribution in [2.75, 3.05) is 13.1 Å². The maximum Gasteiger partial charge on any atom is 0.257 e. The largest absolute Gasteiger partial charge is 0.391 e. The Bertz CT molecular complexity index is 810. The molecule has 0 radical (unpaired) electrons. The zero-order valence-electron chi connectivity index (χ0n) is 15.0. The summed E-state index contributed by atoms with van der Waals surface area (Å²) in [5, 5.41) is 22.3. The van der Waals surface area contributed by atoms with Crippen LogP contribution in [0.4, 0.5) is 0 Å². The van der Waals surface area contributed by atoms with Crippen molar-refractivity contribution in [3.05, 3.63) is 35.4 Å². The van der Waals surface area contributed by atoms with Gasteiger partial charge in [-0.2, -0.15) is 10.2 Å². The predicted octanol–water partition coefficient (Wildman–Crippen LogP) is 1.88. The van der Waals surface area contributed by atoms with Crippen molar-refractivity contribution < 1.29 is 9.90 Å². The van der Waals surface area contributed by atoms with E-state index in [9.17, 15) is 9.90 Å². The fraction of sp³-hybridized carbons (Fsp3) is 0.632. The van der Waals surface area contributed by atoms with Gasteiger partial charge in [0.05, 0.1) is 23.4 Å². The van der Waals surface area contributed by atoms with E-state index in [0.717, 1.165) is 55.7 Å².